The van der Waals surface area contributed by atoms with Gasteiger partial charge in [0.25, 0.3) is 0 Å². The van der Waals surface area contributed by atoms with Crippen molar-refractivity contribution in [3.8, 4) is 0 Å². The first-order valence-corrected chi connectivity index (χ1v) is 7.20. The van der Waals surface area contributed by atoms with E-state index in [4.69, 9.17) is 11.5 Å². The molecule has 120 valence electrons. The Morgan fingerprint density at radius 1 is 1.33 bits per heavy atom. The van der Waals surface area contributed by atoms with E-state index in [1.807, 2.05) is 13.8 Å². The molecule has 6 heteroatoms. The minimum absolute atomic E-state index is 0.0809. The summed E-state index contributed by atoms with van der Waals surface area (Å²) in [6.45, 7) is 6.71. The largest absolute Gasteiger partial charge is 0.379 e. The normalized spacial score (nSPS) is 12.8. The molecule has 1 amide bonds. The van der Waals surface area contributed by atoms with Gasteiger partial charge in [-0.15, -0.1) is 0 Å². The van der Waals surface area contributed by atoms with Gasteiger partial charge in [-0.3, -0.25) is 4.79 Å². The summed E-state index contributed by atoms with van der Waals surface area (Å²) in [4.78, 5) is 23.1. The Bertz CT molecular complexity index is 414. The lowest BCUT2D eigenvalue weighted by molar-refractivity contribution is -0.123. The van der Waals surface area contributed by atoms with Crippen molar-refractivity contribution in [2.45, 2.75) is 40.0 Å². The molecule has 0 aliphatic heterocycles. The molecule has 0 radical (unpaired) electrons. The summed E-state index contributed by atoms with van der Waals surface area (Å²) in [5.41, 5.74) is 13.7. The van der Waals surface area contributed by atoms with E-state index in [-0.39, 0.29) is 17.1 Å². The topological polar surface area (TPSA) is 110 Å². The van der Waals surface area contributed by atoms with E-state index < -0.39 is 0 Å². The Kier molecular flexibility index (Phi) is 9.17. The van der Waals surface area contributed by atoms with E-state index in [9.17, 15) is 9.59 Å². The van der Waals surface area contributed by atoms with Gasteiger partial charge in [-0.1, -0.05) is 12.7 Å². The van der Waals surface area contributed by atoms with Crippen LogP contribution in [0, 0.1) is 5.41 Å². The molecule has 21 heavy (non-hydrogen) atoms. The van der Waals surface area contributed by atoms with Crippen molar-refractivity contribution in [2.75, 3.05) is 19.6 Å². The van der Waals surface area contributed by atoms with Gasteiger partial charge in [0.05, 0.1) is 0 Å². The number of nitrogens with two attached hydrogens (primary N) is 2. The van der Waals surface area contributed by atoms with Crippen LogP contribution in [0.25, 0.3) is 0 Å². The van der Waals surface area contributed by atoms with Crippen molar-refractivity contribution >= 4 is 11.7 Å². The predicted molar refractivity (Wildman–Crippen MR) is 84.2 cm³/mol. The number of nitrogens with one attached hydrogen (secondary N) is 2. The fourth-order valence-corrected chi connectivity index (χ4v) is 2.11. The molecule has 0 aromatic heterocycles. The summed E-state index contributed by atoms with van der Waals surface area (Å²) >= 11 is 0. The zero-order valence-corrected chi connectivity index (χ0v) is 13.3. The van der Waals surface area contributed by atoms with Crippen LogP contribution in [0.2, 0.25) is 0 Å². The third kappa shape index (κ3) is 9.71. The zero-order chi connectivity index (χ0) is 16.3. The van der Waals surface area contributed by atoms with Crippen molar-refractivity contribution in [1.29, 1.82) is 0 Å². The van der Waals surface area contributed by atoms with Gasteiger partial charge in [-0.25, -0.2) is 0 Å². The van der Waals surface area contributed by atoms with Crippen LogP contribution in [-0.2, 0) is 9.59 Å². The molecule has 0 aromatic carbocycles. The number of hydrogen-bond acceptors (Lipinski definition) is 5. The lowest BCUT2D eigenvalue weighted by Gasteiger charge is -2.28. The molecule has 0 rings (SSSR count). The molecule has 0 saturated carbocycles. The first-order chi connectivity index (χ1) is 9.83. The Morgan fingerprint density at radius 2 is 2.00 bits per heavy atom. The van der Waals surface area contributed by atoms with Crippen LogP contribution in [0.1, 0.15) is 40.0 Å². The fraction of sp³-hybridized carbons (Fsp3) is 0.667. The predicted octanol–water partition coefficient (Wildman–Crippen LogP) is 0.392. The van der Waals surface area contributed by atoms with Crippen LogP contribution >= 0.6 is 0 Å². The molecular weight excluding hydrogens is 268 g/mol. The van der Waals surface area contributed by atoms with Crippen LogP contribution in [0.4, 0.5) is 0 Å². The second-order valence-electron chi connectivity index (χ2n) is 5.53. The van der Waals surface area contributed by atoms with Gasteiger partial charge in [0, 0.05) is 25.9 Å². The zero-order valence-electron chi connectivity index (χ0n) is 13.3. The van der Waals surface area contributed by atoms with Crippen molar-refractivity contribution < 1.29 is 9.59 Å². The highest BCUT2D eigenvalue weighted by molar-refractivity contribution is 5.77. The number of amides is 1. The average Bonchev–Trinajstić information content (AvgIpc) is 2.36. The fourth-order valence-electron chi connectivity index (χ4n) is 2.11. The van der Waals surface area contributed by atoms with E-state index in [1.165, 1.54) is 0 Å². The number of hydrogen-bond donors (Lipinski definition) is 4. The second kappa shape index (κ2) is 10.0. The summed E-state index contributed by atoms with van der Waals surface area (Å²) in [5, 5.41) is 5.74. The van der Waals surface area contributed by atoms with Gasteiger partial charge in [0.2, 0.25) is 5.91 Å². The Morgan fingerprint density at radius 3 is 2.52 bits per heavy atom. The van der Waals surface area contributed by atoms with Gasteiger partial charge in [0.1, 0.15) is 11.6 Å². The van der Waals surface area contributed by atoms with Crippen molar-refractivity contribution in [1.82, 2.24) is 10.6 Å². The molecule has 0 heterocycles. The lowest BCUT2D eigenvalue weighted by atomic mass is 9.82. The smallest absolute Gasteiger partial charge is 0.221 e. The summed E-state index contributed by atoms with van der Waals surface area (Å²) in [6.07, 6.45) is 3.12. The molecule has 6 N–H and O–H groups in total. The molecule has 1 unspecified atom stereocenters. The monoisotopic (exact) mass is 296 g/mol. The summed E-state index contributed by atoms with van der Waals surface area (Å²) in [6, 6.07) is 0. The van der Waals surface area contributed by atoms with Crippen LogP contribution < -0.4 is 22.1 Å². The quantitative estimate of drug-likeness (QED) is 0.436. The molecule has 0 bridgehead atoms. The molecular formula is C15H28N4O2. The van der Waals surface area contributed by atoms with Crippen molar-refractivity contribution in [3.63, 3.8) is 0 Å². The van der Waals surface area contributed by atoms with E-state index in [1.54, 1.807) is 13.0 Å². The molecule has 0 saturated heterocycles. The maximum atomic E-state index is 11.8. The highest BCUT2D eigenvalue weighted by Gasteiger charge is 2.25. The van der Waals surface area contributed by atoms with E-state index in [0.717, 1.165) is 0 Å². The SMILES string of the molecule is CC=C=C(N)NCCC(=O)NCC(C)(CCN)CC(C)=O. The average molecular weight is 296 g/mol. The standard InChI is InChI=1S/C15H28N4O2/c1-4-5-13(17)18-9-6-14(21)19-11-15(3,7-8-16)10-12(2)20/h4,18H,6-11,16-17H2,1-3H3,(H,19,21). The maximum Gasteiger partial charge on any atom is 0.221 e. The van der Waals surface area contributed by atoms with Gasteiger partial charge >= 0.3 is 0 Å². The molecule has 0 aliphatic carbocycles. The van der Waals surface area contributed by atoms with Crippen molar-refractivity contribution in [2.24, 2.45) is 16.9 Å². The van der Waals surface area contributed by atoms with Crippen molar-refractivity contribution in [3.05, 3.63) is 17.6 Å². The number of Topliss-reactive ketones (excluding diaryl/α,β-unsaturated/α-hetero) is 1. The summed E-state index contributed by atoms with van der Waals surface area (Å²) in [7, 11) is 0. The highest BCUT2D eigenvalue weighted by atomic mass is 16.1. The number of ketones is 1. The third-order valence-electron chi connectivity index (χ3n) is 3.10. The van der Waals surface area contributed by atoms with E-state index in [2.05, 4.69) is 16.4 Å². The third-order valence-corrected chi connectivity index (χ3v) is 3.10. The first-order valence-electron chi connectivity index (χ1n) is 7.20. The second-order valence-corrected chi connectivity index (χ2v) is 5.53. The molecule has 0 fully saturated rings. The van der Waals surface area contributed by atoms with Crippen LogP contribution in [-0.4, -0.2) is 31.3 Å². The molecule has 6 nitrogen and oxygen atoms in total. The van der Waals surface area contributed by atoms with Crippen LogP contribution in [0.3, 0.4) is 0 Å². The summed E-state index contributed by atoms with van der Waals surface area (Å²) < 4.78 is 0. The minimum Gasteiger partial charge on any atom is -0.379 e. The van der Waals surface area contributed by atoms with Gasteiger partial charge in [0.15, 0.2) is 0 Å². The lowest BCUT2D eigenvalue weighted by Crippen LogP contribution is -2.39. The Balaban J connectivity index is 4.19. The van der Waals surface area contributed by atoms with Crippen LogP contribution in [0.5, 0.6) is 0 Å². The number of carbonyl (C=O) groups excluding carboxylic acids is 2. The maximum absolute atomic E-state index is 11.8. The first kappa shape index (κ1) is 19.2. The number of allylic oxidation sites excluding steroid dienone is 1. The Hall–Kier alpha value is -1.78. The minimum atomic E-state index is -0.284. The highest BCUT2D eigenvalue weighted by Crippen LogP contribution is 2.24. The van der Waals surface area contributed by atoms with Gasteiger partial charge < -0.3 is 26.9 Å². The van der Waals surface area contributed by atoms with Crippen LogP contribution in [0.15, 0.2) is 17.6 Å². The molecule has 0 aromatic rings. The number of rotatable bonds is 10. The Labute approximate surface area is 127 Å². The van der Waals surface area contributed by atoms with E-state index in [0.29, 0.717) is 44.7 Å². The van der Waals surface area contributed by atoms with Gasteiger partial charge in [-0.05, 0) is 38.3 Å². The van der Waals surface area contributed by atoms with E-state index >= 15 is 0 Å². The molecule has 0 spiro atoms. The van der Waals surface area contributed by atoms with Gasteiger partial charge in [-0.2, -0.15) is 0 Å². The summed E-state index contributed by atoms with van der Waals surface area (Å²) in [5.74, 6) is 0.434. The number of carbonyl (C=O) groups is 2. The molecule has 0 aliphatic rings. The molecule has 1 atom stereocenters.